The lowest BCUT2D eigenvalue weighted by Gasteiger charge is -2.17. The quantitative estimate of drug-likeness (QED) is 0.327. The normalized spacial score (nSPS) is 10.8. The van der Waals surface area contributed by atoms with Gasteiger partial charge in [0.2, 0.25) is 0 Å². The van der Waals surface area contributed by atoms with Crippen LogP contribution in [0.15, 0.2) is 78.9 Å². The first kappa shape index (κ1) is 20.4. The average molecular weight is 438 g/mol. The Morgan fingerprint density at radius 3 is 2.30 bits per heavy atom. The van der Waals surface area contributed by atoms with Gasteiger partial charge in [-0.25, -0.2) is 0 Å². The van der Waals surface area contributed by atoms with E-state index < -0.39 is 0 Å². The van der Waals surface area contributed by atoms with Gasteiger partial charge in [-0.3, -0.25) is 0 Å². The van der Waals surface area contributed by atoms with Gasteiger partial charge >= 0.3 is 0 Å². The molecule has 0 radical (unpaired) electrons. The highest BCUT2D eigenvalue weighted by atomic mass is 35.5. The number of benzene rings is 4. The van der Waals surface area contributed by atoms with Crippen molar-refractivity contribution in [1.82, 2.24) is 0 Å². The molecule has 30 heavy (non-hydrogen) atoms. The van der Waals surface area contributed by atoms with Gasteiger partial charge in [-0.1, -0.05) is 77.8 Å². The van der Waals surface area contributed by atoms with Gasteiger partial charge in [-0.2, -0.15) is 0 Å². The fraction of sp³-hybridized carbons (Fsp3) is 0.120. The molecule has 0 saturated heterocycles. The van der Waals surface area contributed by atoms with E-state index in [2.05, 4.69) is 29.6 Å². The maximum Gasteiger partial charge on any atom is 0.166 e. The number of anilines is 1. The molecule has 3 nitrogen and oxygen atoms in total. The summed E-state index contributed by atoms with van der Waals surface area (Å²) in [5.41, 5.74) is 2.79. The van der Waals surface area contributed by atoms with Crippen LogP contribution in [0.1, 0.15) is 11.1 Å². The van der Waals surface area contributed by atoms with Crippen LogP contribution in [0.3, 0.4) is 0 Å². The Kier molecular flexibility index (Phi) is 6.32. The minimum Gasteiger partial charge on any atom is -0.493 e. The summed E-state index contributed by atoms with van der Waals surface area (Å²) in [6.45, 7) is 0.830. The molecule has 0 unspecified atom stereocenters. The first-order valence-electron chi connectivity index (χ1n) is 9.60. The van der Waals surface area contributed by atoms with E-state index >= 15 is 0 Å². The molecule has 0 atom stereocenters. The molecule has 4 aromatic rings. The van der Waals surface area contributed by atoms with Crippen molar-refractivity contribution < 1.29 is 9.47 Å². The van der Waals surface area contributed by atoms with Crippen LogP contribution in [0, 0.1) is 0 Å². The van der Waals surface area contributed by atoms with E-state index in [1.807, 2.05) is 42.5 Å². The third kappa shape index (κ3) is 4.33. The zero-order valence-corrected chi connectivity index (χ0v) is 18.0. The van der Waals surface area contributed by atoms with Crippen molar-refractivity contribution in [3.63, 3.8) is 0 Å². The Morgan fingerprint density at radius 2 is 1.50 bits per heavy atom. The van der Waals surface area contributed by atoms with Crippen LogP contribution in [0.4, 0.5) is 5.69 Å². The third-order valence-corrected chi connectivity index (χ3v) is 5.67. The van der Waals surface area contributed by atoms with Crippen molar-refractivity contribution >= 4 is 39.7 Å². The molecule has 0 fully saturated rings. The molecule has 0 amide bonds. The number of halogens is 2. The number of rotatable bonds is 7. The zero-order chi connectivity index (χ0) is 20.9. The SMILES string of the molecule is COc1cccc(CNc2cccc3ccccc23)c1OCc1c(Cl)cccc1Cl. The highest BCUT2D eigenvalue weighted by molar-refractivity contribution is 6.35. The van der Waals surface area contributed by atoms with Gasteiger partial charge in [-0.05, 0) is 29.7 Å². The average Bonchev–Trinajstić information content (AvgIpc) is 2.77. The Balaban J connectivity index is 1.59. The van der Waals surface area contributed by atoms with Crippen LogP contribution in [-0.4, -0.2) is 7.11 Å². The van der Waals surface area contributed by atoms with Crippen molar-refractivity contribution in [3.05, 3.63) is 100 Å². The smallest absolute Gasteiger partial charge is 0.166 e. The van der Waals surface area contributed by atoms with Crippen LogP contribution >= 0.6 is 23.2 Å². The number of para-hydroxylation sites is 1. The van der Waals surface area contributed by atoms with Gasteiger partial charge in [0, 0.05) is 38.8 Å². The summed E-state index contributed by atoms with van der Waals surface area (Å²) < 4.78 is 11.7. The van der Waals surface area contributed by atoms with E-state index in [1.54, 1.807) is 19.2 Å². The predicted molar refractivity (Wildman–Crippen MR) is 125 cm³/mol. The van der Waals surface area contributed by atoms with Crippen molar-refractivity contribution in [2.75, 3.05) is 12.4 Å². The molecule has 152 valence electrons. The lowest BCUT2D eigenvalue weighted by Crippen LogP contribution is -2.06. The van der Waals surface area contributed by atoms with Crippen molar-refractivity contribution in [1.29, 1.82) is 0 Å². The second-order valence-electron chi connectivity index (χ2n) is 6.82. The van der Waals surface area contributed by atoms with Gasteiger partial charge in [-0.15, -0.1) is 0 Å². The maximum atomic E-state index is 6.30. The predicted octanol–water partition coefficient (Wildman–Crippen LogP) is 7.35. The fourth-order valence-corrected chi connectivity index (χ4v) is 3.92. The van der Waals surface area contributed by atoms with Crippen LogP contribution in [0.2, 0.25) is 10.0 Å². The summed E-state index contributed by atoms with van der Waals surface area (Å²) in [7, 11) is 1.63. The molecule has 0 bridgehead atoms. The van der Waals surface area contributed by atoms with Gasteiger partial charge < -0.3 is 14.8 Å². The third-order valence-electron chi connectivity index (χ3n) is 4.96. The summed E-state index contributed by atoms with van der Waals surface area (Å²) in [4.78, 5) is 0. The summed E-state index contributed by atoms with van der Waals surface area (Å²) >= 11 is 12.6. The minimum absolute atomic E-state index is 0.250. The molecular formula is C25H21Cl2NO2. The molecular weight excluding hydrogens is 417 g/mol. The van der Waals surface area contributed by atoms with Gasteiger partial charge in [0.25, 0.3) is 0 Å². The zero-order valence-electron chi connectivity index (χ0n) is 16.5. The van der Waals surface area contributed by atoms with Crippen molar-refractivity contribution in [2.45, 2.75) is 13.2 Å². The fourth-order valence-electron chi connectivity index (χ4n) is 3.41. The summed E-state index contributed by atoms with van der Waals surface area (Å²) in [6.07, 6.45) is 0. The van der Waals surface area contributed by atoms with E-state index in [0.717, 1.165) is 16.8 Å². The molecule has 0 aromatic heterocycles. The Bertz CT molecular complexity index is 1150. The summed E-state index contributed by atoms with van der Waals surface area (Å²) in [5, 5.41) is 7.05. The second kappa shape index (κ2) is 9.29. The molecule has 0 heterocycles. The monoisotopic (exact) mass is 437 g/mol. The second-order valence-corrected chi connectivity index (χ2v) is 7.63. The molecule has 1 N–H and O–H groups in total. The Labute approximate surface area is 186 Å². The molecule has 0 aliphatic heterocycles. The Morgan fingerprint density at radius 1 is 0.800 bits per heavy atom. The molecule has 4 aromatic carbocycles. The van der Waals surface area contributed by atoms with E-state index in [1.165, 1.54) is 10.8 Å². The summed E-state index contributed by atoms with van der Waals surface area (Å²) in [5.74, 6) is 1.33. The molecule has 0 saturated carbocycles. The maximum absolute atomic E-state index is 6.30. The number of nitrogens with one attached hydrogen (secondary N) is 1. The first-order chi connectivity index (χ1) is 14.7. The van der Waals surface area contributed by atoms with Crippen LogP contribution < -0.4 is 14.8 Å². The number of hydrogen-bond acceptors (Lipinski definition) is 3. The first-order valence-corrected chi connectivity index (χ1v) is 10.4. The number of fused-ring (bicyclic) bond motifs is 1. The minimum atomic E-state index is 0.250. The topological polar surface area (TPSA) is 30.5 Å². The van der Waals surface area contributed by atoms with Crippen molar-refractivity contribution in [3.8, 4) is 11.5 Å². The van der Waals surface area contributed by atoms with Gasteiger partial charge in [0.1, 0.15) is 6.61 Å². The van der Waals surface area contributed by atoms with Crippen LogP contribution in [-0.2, 0) is 13.2 Å². The largest absolute Gasteiger partial charge is 0.493 e. The number of methoxy groups -OCH3 is 1. The summed E-state index contributed by atoms with van der Waals surface area (Å²) in [6, 6.07) is 25.8. The van der Waals surface area contributed by atoms with Crippen molar-refractivity contribution in [2.24, 2.45) is 0 Å². The lowest BCUT2D eigenvalue weighted by molar-refractivity contribution is 0.282. The number of hydrogen-bond donors (Lipinski definition) is 1. The highest BCUT2D eigenvalue weighted by Crippen LogP contribution is 2.34. The molecule has 0 aliphatic carbocycles. The highest BCUT2D eigenvalue weighted by Gasteiger charge is 2.14. The van der Waals surface area contributed by atoms with Gasteiger partial charge in [0.15, 0.2) is 11.5 Å². The standard InChI is InChI=1S/C25H21Cl2NO2/c1-29-24-14-5-9-18(25(24)30-16-20-21(26)11-6-12-22(20)27)15-28-23-13-4-8-17-7-2-3-10-19(17)23/h2-14,28H,15-16H2,1H3. The van der Waals surface area contributed by atoms with E-state index in [4.69, 9.17) is 32.7 Å². The number of ether oxygens (including phenoxy) is 2. The van der Waals surface area contributed by atoms with E-state index in [9.17, 15) is 0 Å². The van der Waals surface area contributed by atoms with E-state index in [-0.39, 0.29) is 6.61 Å². The van der Waals surface area contributed by atoms with E-state index in [0.29, 0.717) is 28.1 Å². The molecule has 5 heteroatoms. The van der Waals surface area contributed by atoms with Crippen LogP contribution in [0.5, 0.6) is 11.5 Å². The Hall–Kier alpha value is -2.88. The van der Waals surface area contributed by atoms with Gasteiger partial charge in [0.05, 0.1) is 7.11 Å². The molecule has 4 rings (SSSR count). The van der Waals surface area contributed by atoms with Crippen LogP contribution in [0.25, 0.3) is 10.8 Å². The molecule has 0 aliphatic rings. The lowest BCUT2D eigenvalue weighted by atomic mass is 10.1. The molecule has 0 spiro atoms.